The van der Waals surface area contributed by atoms with Gasteiger partial charge >= 0.3 is 0 Å². The van der Waals surface area contributed by atoms with Gasteiger partial charge in [-0.2, -0.15) is 0 Å². The molecule has 2 heterocycles. The quantitative estimate of drug-likeness (QED) is 0.694. The van der Waals surface area contributed by atoms with Crippen LogP contribution in [0.1, 0.15) is 29.6 Å². The maximum atomic E-state index is 13.0. The molecule has 0 saturated carbocycles. The highest BCUT2D eigenvalue weighted by Crippen LogP contribution is 2.38. The van der Waals surface area contributed by atoms with E-state index in [0.717, 1.165) is 6.42 Å². The van der Waals surface area contributed by atoms with Gasteiger partial charge in [0.25, 0.3) is 5.91 Å². The number of primary amides is 1. The second-order valence-electron chi connectivity index (χ2n) is 6.69. The van der Waals surface area contributed by atoms with Crippen molar-refractivity contribution in [1.82, 2.24) is 4.90 Å². The number of methoxy groups -OCH3 is 2. The first kappa shape index (κ1) is 19.2. The molecule has 0 aromatic heterocycles. The Morgan fingerprint density at radius 2 is 2.04 bits per heavy atom. The van der Waals surface area contributed by atoms with Crippen molar-refractivity contribution in [2.45, 2.75) is 25.3 Å². The number of benzene rings is 1. The number of nitrogens with zero attached hydrogens (tertiary/aromatic N) is 2. The van der Waals surface area contributed by atoms with Gasteiger partial charge in [-0.05, 0) is 18.9 Å². The van der Waals surface area contributed by atoms with Crippen LogP contribution in [0.2, 0.25) is 0 Å². The number of rotatable bonds is 8. The van der Waals surface area contributed by atoms with Gasteiger partial charge in [-0.25, -0.2) is 0 Å². The van der Waals surface area contributed by atoms with Crippen LogP contribution in [-0.2, 0) is 9.53 Å². The largest absolute Gasteiger partial charge is 0.493 e. The Labute approximate surface area is 158 Å². The van der Waals surface area contributed by atoms with Gasteiger partial charge in [0.15, 0.2) is 11.5 Å². The van der Waals surface area contributed by atoms with Gasteiger partial charge < -0.3 is 24.8 Å². The zero-order valence-electron chi connectivity index (χ0n) is 15.6. The molecular weight excluding hydrogens is 350 g/mol. The summed E-state index contributed by atoms with van der Waals surface area (Å²) in [5.41, 5.74) is 6.21. The molecule has 8 heteroatoms. The van der Waals surface area contributed by atoms with E-state index in [1.54, 1.807) is 26.4 Å². The van der Waals surface area contributed by atoms with Crippen molar-refractivity contribution in [3.05, 3.63) is 17.7 Å². The number of aliphatic imine (C=N–C) groups is 1. The van der Waals surface area contributed by atoms with Crippen molar-refractivity contribution in [3.63, 3.8) is 0 Å². The summed E-state index contributed by atoms with van der Waals surface area (Å²) in [6.45, 7) is 1.65. The standard InChI is InChI=1S/C19H25N3O5/c1-25-16-8-13-14(9-17(16)26-2)21-10-15-12(5-6-22(15)19(13)24)11-27-7-3-4-18(20)23/h8-10,12,15H,3-7,11H2,1-2H3,(H2,20,23)/t12-,15+/m0/s1. The van der Waals surface area contributed by atoms with Crippen molar-refractivity contribution in [1.29, 1.82) is 0 Å². The number of nitrogens with two attached hydrogens (primary N) is 1. The highest BCUT2D eigenvalue weighted by atomic mass is 16.5. The Morgan fingerprint density at radius 3 is 2.74 bits per heavy atom. The van der Waals surface area contributed by atoms with E-state index in [2.05, 4.69) is 4.99 Å². The van der Waals surface area contributed by atoms with E-state index < -0.39 is 0 Å². The van der Waals surface area contributed by atoms with Crippen LogP contribution in [0.3, 0.4) is 0 Å². The Morgan fingerprint density at radius 1 is 1.30 bits per heavy atom. The molecule has 2 amide bonds. The van der Waals surface area contributed by atoms with Crippen LogP contribution in [-0.4, -0.2) is 62.9 Å². The molecule has 0 unspecified atom stereocenters. The summed E-state index contributed by atoms with van der Waals surface area (Å²) in [7, 11) is 3.09. The minimum absolute atomic E-state index is 0.0651. The maximum Gasteiger partial charge on any atom is 0.256 e. The van der Waals surface area contributed by atoms with Crippen LogP contribution in [0.15, 0.2) is 17.1 Å². The van der Waals surface area contributed by atoms with Gasteiger partial charge in [-0.1, -0.05) is 0 Å². The Bertz CT molecular complexity index is 749. The third kappa shape index (κ3) is 4.05. The lowest BCUT2D eigenvalue weighted by atomic mass is 10.0. The van der Waals surface area contributed by atoms with Crippen molar-refractivity contribution < 1.29 is 23.8 Å². The molecule has 2 N–H and O–H groups in total. The van der Waals surface area contributed by atoms with Crippen molar-refractivity contribution in [2.24, 2.45) is 16.6 Å². The Kier molecular flexibility index (Phi) is 5.95. The van der Waals surface area contributed by atoms with E-state index >= 15 is 0 Å². The van der Waals surface area contributed by atoms with Gasteiger partial charge in [0.1, 0.15) is 0 Å². The molecule has 1 aromatic rings. The van der Waals surface area contributed by atoms with Gasteiger partial charge in [-0.3, -0.25) is 14.6 Å². The highest BCUT2D eigenvalue weighted by molar-refractivity contribution is 6.03. The predicted molar refractivity (Wildman–Crippen MR) is 99.9 cm³/mol. The number of fused-ring (bicyclic) bond motifs is 2. The summed E-state index contributed by atoms with van der Waals surface area (Å²) >= 11 is 0. The van der Waals surface area contributed by atoms with Crippen molar-refractivity contribution in [3.8, 4) is 11.5 Å². The molecule has 2 aliphatic heterocycles. The fourth-order valence-electron chi connectivity index (χ4n) is 3.54. The predicted octanol–water partition coefficient (Wildman–Crippen LogP) is 1.53. The molecule has 1 saturated heterocycles. The normalized spacial score (nSPS) is 20.8. The molecule has 1 fully saturated rings. The lowest BCUT2D eigenvalue weighted by molar-refractivity contribution is -0.118. The third-order valence-electron chi connectivity index (χ3n) is 4.99. The molecule has 0 spiro atoms. The van der Waals surface area contributed by atoms with E-state index in [-0.39, 0.29) is 23.8 Å². The molecule has 1 aromatic carbocycles. The molecular formula is C19H25N3O5. The summed E-state index contributed by atoms with van der Waals surface area (Å²) in [6, 6.07) is 3.29. The topological polar surface area (TPSA) is 103 Å². The van der Waals surface area contributed by atoms with E-state index in [9.17, 15) is 9.59 Å². The Balaban J connectivity index is 1.71. The first-order valence-electron chi connectivity index (χ1n) is 9.02. The molecule has 146 valence electrons. The van der Waals surface area contributed by atoms with E-state index in [1.807, 2.05) is 11.1 Å². The minimum Gasteiger partial charge on any atom is -0.493 e. The zero-order valence-corrected chi connectivity index (χ0v) is 15.6. The summed E-state index contributed by atoms with van der Waals surface area (Å²) < 4.78 is 16.3. The van der Waals surface area contributed by atoms with Crippen LogP contribution in [0.25, 0.3) is 0 Å². The molecule has 8 nitrogen and oxygen atoms in total. The van der Waals surface area contributed by atoms with Crippen LogP contribution in [0.4, 0.5) is 5.69 Å². The summed E-state index contributed by atoms with van der Waals surface area (Å²) in [5.74, 6) is 0.828. The zero-order chi connectivity index (χ0) is 19.4. The fourth-order valence-corrected chi connectivity index (χ4v) is 3.54. The van der Waals surface area contributed by atoms with Gasteiger partial charge in [0.2, 0.25) is 5.91 Å². The SMILES string of the molecule is COc1cc2c(cc1OC)C(=O)N1CC[C@@H](COCCCC(N)=O)[C@H]1C=N2. The smallest absolute Gasteiger partial charge is 0.256 e. The van der Waals surface area contributed by atoms with Crippen LogP contribution in [0.5, 0.6) is 11.5 Å². The number of ether oxygens (including phenoxy) is 3. The summed E-state index contributed by atoms with van der Waals surface area (Å²) in [4.78, 5) is 30.2. The molecule has 2 aliphatic rings. The fraction of sp³-hybridized carbons (Fsp3) is 0.526. The van der Waals surface area contributed by atoms with E-state index in [4.69, 9.17) is 19.9 Å². The number of amides is 2. The molecule has 0 bridgehead atoms. The number of carbonyl (C=O) groups is 2. The van der Waals surface area contributed by atoms with E-state index in [1.165, 1.54) is 0 Å². The van der Waals surface area contributed by atoms with Crippen LogP contribution >= 0.6 is 0 Å². The molecule has 27 heavy (non-hydrogen) atoms. The first-order valence-corrected chi connectivity index (χ1v) is 9.02. The second-order valence-corrected chi connectivity index (χ2v) is 6.69. The third-order valence-corrected chi connectivity index (χ3v) is 4.99. The monoisotopic (exact) mass is 375 g/mol. The van der Waals surface area contributed by atoms with Gasteiger partial charge in [0, 0.05) is 37.8 Å². The van der Waals surface area contributed by atoms with E-state index in [0.29, 0.717) is 55.4 Å². The highest BCUT2D eigenvalue weighted by Gasteiger charge is 2.39. The average molecular weight is 375 g/mol. The molecule has 2 atom stereocenters. The maximum absolute atomic E-state index is 13.0. The summed E-state index contributed by atoms with van der Waals surface area (Å²) in [6.07, 6.45) is 3.59. The van der Waals surface area contributed by atoms with Gasteiger partial charge in [-0.15, -0.1) is 0 Å². The average Bonchev–Trinajstić information content (AvgIpc) is 3.01. The number of carbonyl (C=O) groups excluding carboxylic acids is 2. The van der Waals surface area contributed by atoms with Gasteiger partial charge in [0.05, 0.1) is 38.1 Å². The lowest BCUT2D eigenvalue weighted by Gasteiger charge is -2.23. The number of hydrogen-bond acceptors (Lipinski definition) is 6. The van der Waals surface area contributed by atoms with Crippen LogP contribution < -0.4 is 15.2 Å². The molecule has 0 radical (unpaired) electrons. The minimum atomic E-state index is -0.323. The first-order chi connectivity index (χ1) is 13.0. The molecule has 3 rings (SSSR count). The number of hydrogen-bond donors (Lipinski definition) is 1. The van der Waals surface area contributed by atoms with Crippen molar-refractivity contribution >= 4 is 23.7 Å². The second kappa shape index (κ2) is 8.39. The summed E-state index contributed by atoms with van der Waals surface area (Å²) in [5, 5.41) is 0. The Hall–Kier alpha value is -2.61. The lowest BCUT2D eigenvalue weighted by Crippen LogP contribution is -2.39. The van der Waals surface area contributed by atoms with Crippen LogP contribution in [0, 0.1) is 5.92 Å². The van der Waals surface area contributed by atoms with Crippen molar-refractivity contribution in [2.75, 3.05) is 34.0 Å². The molecule has 0 aliphatic carbocycles.